The van der Waals surface area contributed by atoms with Gasteiger partial charge >= 0.3 is 0 Å². The minimum atomic E-state index is 0.492. The Morgan fingerprint density at radius 2 is 0.551 bits per heavy atom. The smallest absolute Gasteiger partial charge is 0.164 e. The summed E-state index contributed by atoms with van der Waals surface area (Å²) < 4.78 is 22.5. The van der Waals surface area contributed by atoms with E-state index >= 15 is 0 Å². The highest BCUT2D eigenvalue weighted by atomic mass is 16.3. The number of aromatic nitrogens is 10. The Morgan fingerprint density at radius 3 is 0.983 bits per heavy atom. The lowest BCUT2D eigenvalue weighted by atomic mass is 10.0. The van der Waals surface area contributed by atoms with E-state index in [-0.39, 0.29) is 0 Å². The van der Waals surface area contributed by atoms with E-state index in [0.29, 0.717) is 46.1 Å². The highest BCUT2D eigenvalue weighted by molar-refractivity contribution is 6.30. The summed E-state index contributed by atoms with van der Waals surface area (Å²) in [5.41, 5.74) is 21.3. The maximum atomic E-state index is 10.8. The molecule has 548 valence electrons. The second-order valence-corrected chi connectivity index (χ2v) is 29.4. The molecule has 0 aliphatic rings. The molecular formula is C104H60N12O2. The molecule has 0 N–H and O–H groups in total. The zero-order valence-electron chi connectivity index (χ0n) is 62.8. The first-order valence-electron chi connectivity index (χ1n) is 39.0. The first-order valence-corrected chi connectivity index (χ1v) is 39.0. The maximum absolute atomic E-state index is 10.8. The number of nitriles is 2. The average molecular weight is 1510 g/mol. The molecule has 8 heterocycles. The van der Waals surface area contributed by atoms with Gasteiger partial charge in [0, 0.05) is 116 Å². The Bertz CT molecular complexity index is 8200. The van der Waals surface area contributed by atoms with Crippen molar-refractivity contribution in [3.05, 3.63) is 375 Å². The number of benzene rings is 16. The van der Waals surface area contributed by atoms with Crippen LogP contribution in [0.5, 0.6) is 0 Å². The summed E-state index contributed by atoms with van der Waals surface area (Å²) in [4.78, 5) is 29.4. The fourth-order valence-electron chi connectivity index (χ4n) is 17.6. The zero-order chi connectivity index (χ0) is 78.1. The van der Waals surface area contributed by atoms with Crippen LogP contribution in [0.1, 0.15) is 11.1 Å². The van der Waals surface area contributed by atoms with Gasteiger partial charge in [-0.15, -0.1) is 0 Å². The number of hydrogen-bond acceptors (Lipinski definition) is 10. The van der Waals surface area contributed by atoms with E-state index in [4.69, 9.17) is 38.7 Å². The molecule has 0 aliphatic heterocycles. The summed E-state index contributed by atoms with van der Waals surface area (Å²) in [6.07, 6.45) is 0. The predicted octanol–water partition coefficient (Wildman–Crippen LogP) is 25.7. The molecule has 0 amide bonds. The van der Waals surface area contributed by atoms with Crippen molar-refractivity contribution in [2.45, 2.75) is 0 Å². The third-order valence-corrected chi connectivity index (χ3v) is 22.8. The molecule has 118 heavy (non-hydrogen) atoms. The standard InChI is InChI=1S/2C52H30N6O/c53-31-35-28-34(52-55-50(32-14-4-1-5-15-32)54-51(56-52)33-16-6-2-7-17-33)24-26-42(35)58-44-23-13-11-21-38(44)40-29-41-47(30-45(40)58)59-46-27-25-39-37-20-10-12-22-43(37)57(49(39)48(41)46)36-18-8-3-9-19-36;53-31-35-28-34(52-55-50(32-14-4-1-5-15-32)54-51(56-52)33-16-6-2-7-17-33)24-25-41(35)58-42-22-12-10-20-37(42)39-29-40-47(30-45(39)58)59-46-27-26-44-48(49(40)46)38-21-11-13-23-43(38)57(44)36-18-8-3-9-19-36/h2*1-30H. The van der Waals surface area contributed by atoms with Crippen LogP contribution >= 0.6 is 0 Å². The summed E-state index contributed by atoms with van der Waals surface area (Å²) in [7, 11) is 0. The summed E-state index contributed by atoms with van der Waals surface area (Å²) in [6, 6.07) is 129. The van der Waals surface area contributed by atoms with Gasteiger partial charge in [0.15, 0.2) is 34.9 Å². The Balaban J connectivity index is 0.000000138. The van der Waals surface area contributed by atoms with Gasteiger partial charge in [-0.1, -0.05) is 231 Å². The van der Waals surface area contributed by atoms with Gasteiger partial charge < -0.3 is 27.1 Å². The lowest BCUT2D eigenvalue weighted by Crippen LogP contribution is -2.02. The van der Waals surface area contributed by atoms with Crippen molar-refractivity contribution < 1.29 is 8.83 Å². The molecule has 0 atom stereocenters. The molecule has 0 bridgehead atoms. The lowest BCUT2D eigenvalue weighted by molar-refractivity contribution is 0.669. The molecule has 24 aromatic rings. The topological polar surface area (TPSA) is 171 Å². The van der Waals surface area contributed by atoms with Crippen LogP contribution in [-0.2, 0) is 0 Å². The Morgan fingerprint density at radius 1 is 0.212 bits per heavy atom. The quantitative estimate of drug-likeness (QED) is 0.128. The SMILES string of the molecule is N#Cc1cc(-c2nc(-c3ccccc3)nc(-c3ccccc3)n2)ccc1-n1c2ccccc2c2cc3c(cc21)oc1ccc2c(c4ccccc4n2-c2ccccc2)c13.N#Cc1cc(-c2nc(-c3ccccc3)nc(-c3ccccc3)n2)ccc1-n1c2ccccc2c2cc3c(cc21)oc1ccc2c4ccccc4n(-c4ccccc4)c2c13. The van der Waals surface area contributed by atoms with Crippen LogP contribution in [0, 0.1) is 22.7 Å². The molecule has 14 nitrogen and oxygen atoms in total. The highest BCUT2D eigenvalue weighted by Gasteiger charge is 2.27. The molecule has 0 unspecified atom stereocenters. The van der Waals surface area contributed by atoms with Gasteiger partial charge in [0.25, 0.3) is 0 Å². The third kappa shape index (κ3) is 10.7. The van der Waals surface area contributed by atoms with E-state index in [2.05, 4.69) is 218 Å². The summed E-state index contributed by atoms with van der Waals surface area (Å²) in [6.45, 7) is 0. The number of hydrogen-bond donors (Lipinski definition) is 0. The number of furan rings is 2. The van der Waals surface area contributed by atoms with Crippen LogP contribution in [0.3, 0.4) is 0 Å². The first kappa shape index (κ1) is 67.1. The van der Waals surface area contributed by atoms with E-state index in [1.165, 1.54) is 16.2 Å². The molecule has 16 aromatic carbocycles. The van der Waals surface area contributed by atoms with Crippen LogP contribution in [0.15, 0.2) is 373 Å². The number of nitrogens with zero attached hydrogens (tertiary/aromatic N) is 12. The van der Waals surface area contributed by atoms with E-state index in [1.807, 2.05) is 176 Å². The van der Waals surface area contributed by atoms with Gasteiger partial charge in [-0.25, -0.2) is 29.9 Å². The predicted molar refractivity (Wildman–Crippen MR) is 474 cm³/mol. The van der Waals surface area contributed by atoms with Crippen molar-refractivity contribution in [3.8, 4) is 103 Å². The van der Waals surface area contributed by atoms with Crippen LogP contribution < -0.4 is 0 Å². The first-order chi connectivity index (χ1) is 58.4. The number of para-hydroxylation sites is 6. The van der Waals surface area contributed by atoms with Gasteiger partial charge in [0.2, 0.25) is 0 Å². The molecule has 14 heteroatoms. The fourth-order valence-corrected chi connectivity index (χ4v) is 17.6. The van der Waals surface area contributed by atoms with Crippen molar-refractivity contribution in [1.82, 2.24) is 48.2 Å². The summed E-state index contributed by atoms with van der Waals surface area (Å²) >= 11 is 0. The molecular weight excluding hydrogens is 1450 g/mol. The van der Waals surface area contributed by atoms with Crippen LogP contribution in [0.4, 0.5) is 0 Å². The van der Waals surface area contributed by atoms with Gasteiger partial charge in [-0.2, -0.15) is 10.5 Å². The van der Waals surface area contributed by atoms with Gasteiger partial charge in [0.1, 0.15) is 34.5 Å². The number of rotatable bonds is 10. The van der Waals surface area contributed by atoms with Crippen molar-refractivity contribution in [2.75, 3.05) is 0 Å². The van der Waals surface area contributed by atoms with Crippen molar-refractivity contribution in [2.24, 2.45) is 0 Å². The average Bonchev–Trinajstić information content (AvgIpc) is 1.55. The number of fused-ring (bicyclic) bond motifs is 20. The molecule has 0 radical (unpaired) electrons. The molecule has 0 aliphatic carbocycles. The zero-order valence-corrected chi connectivity index (χ0v) is 62.8. The van der Waals surface area contributed by atoms with Crippen molar-refractivity contribution in [1.29, 1.82) is 10.5 Å². The van der Waals surface area contributed by atoms with E-state index in [0.717, 1.165) is 171 Å². The Hall–Kier alpha value is -16.7. The molecule has 0 fully saturated rings. The van der Waals surface area contributed by atoms with Crippen LogP contribution in [-0.4, -0.2) is 48.2 Å². The van der Waals surface area contributed by atoms with Crippen molar-refractivity contribution in [3.63, 3.8) is 0 Å². The van der Waals surface area contributed by atoms with E-state index in [1.54, 1.807) is 0 Å². The van der Waals surface area contributed by atoms with Crippen LogP contribution in [0.2, 0.25) is 0 Å². The molecule has 8 aromatic heterocycles. The lowest BCUT2D eigenvalue weighted by Gasteiger charge is -2.12. The molecule has 24 rings (SSSR count). The Labute approximate surface area is 672 Å². The second kappa shape index (κ2) is 27.0. The maximum Gasteiger partial charge on any atom is 0.164 e. The second-order valence-electron chi connectivity index (χ2n) is 29.4. The van der Waals surface area contributed by atoms with Crippen LogP contribution in [0.25, 0.3) is 222 Å². The molecule has 0 spiro atoms. The Kier molecular flexibility index (Phi) is 15.4. The van der Waals surface area contributed by atoms with E-state index < -0.39 is 0 Å². The minimum absolute atomic E-state index is 0.492. The molecule has 0 saturated heterocycles. The van der Waals surface area contributed by atoms with Crippen molar-refractivity contribution >= 4 is 131 Å². The minimum Gasteiger partial charge on any atom is -0.456 e. The normalized spacial score (nSPS) is 11.7. The largest absolute Gasteiger partial charge is 0.456 e. The van der Waals surface area contributed by atoms with Gasteiger partial charge in [-0.3, -0.25) is 0 Å². The fraction of sp³-hybridized carbons (Fsp3) is 0. The van der Waals surface area contributed by atoms with E-state index in [9.17, 15) is 10.5 Å². The molecule has 0 saturated carbocycles. The summed E-state index contributed by atoms with van der Waals surface area (Å²) in [5.74, 6) is 3.25. The monoisotopic (exact) mass is 1510 g/mol. The highest BCUT2D eigenvalue weighted by Crippen LogP contribution is 2.48. The van der Waals surface area contributed by atoms with Gasteiger partial charge in [-0.05, 0) is 121 Å². The summed E-state index contributed by atoms with van der Waals surface area (Å²) in [5, 5.41) is 34.9. The van der Waals surface area contributed by atoms with Gasteiger partial charge in [0.05, 0.1) is 72.0 Å². The third-order valence-electron chi connectivity index (χ3n) is 22.8.